The van der Waals surface area contributed by atoms with Crippen LogP contribution in [0.15, 0.2) is 54.6 Å². The lowest BCUT2D eigenvalue weighted by atomic mass is 9.87. The topological polar surface area (TPSA) is 49.4 Å². The van der Waals surface area contributed by atoms with Crippen molar-refractivity contribution in [1.82, 2.24) is 10.2 Å². The van der Waals surface area contributed by atoms with Crippen LogP contribution in [0.2, 0.25) is 0 Å². The summed E-state index contributed by atoms with van der Waals surface area (Å²) in [6, 6.07) is 15.4. The average molecular weight is 382 g/mol. The van der Waals surface area contributed by atoms with E-state index in [-0.39, 0.29) is 29.5 Å². The van der Waals surface area contributed by atoms with Gasteiger partial charge in [-0.1, -0.05) is 56.3 Å². The summed E-state index contributed by atoms with van der Waals surface area (Å²) < 4.78 is 13.3. The number of hydrogen-bond acceptors (Lipinski definition) is 2. The van der Waals surface area contributed by atoms with Gasteiger partial charge in [0.25, 0.3) is 0 Å². The Morgan fingerprint density at radius 3 is 2.43 bits per heavy atom. The number of nitrogens with one attached hydrogen (secondary N) is 1. The molecule has 0 aliphatic carbocycles. The average Bonchev–Trinajstić information content (AvgIpc) is 3.18. The van der Waals surface area contributed by atoms with E-state index in [4.69, 9.17) is 0 Å². The third kappa shape index (κ3) is 4.58. The maximum absolute atomic E-state index is 13.3. The van der Waals surface area contributed by atoms with Crippen LogP contribution in [0.25, 0.3) is 0 Å². The first-order chi connectivity index (χ1) is 13.5. The summed E-state index contributed by atoms with van der Waals surface area (Å²) in [6.07, 6.45) is 1.48. The molecule has 0 aromatic heterocycles. The van der Waals surface area contributed by atoms with Gasteiger partial charge in [0, 0.05) is 13.1 Å². The van der Waals surface area contributed by atoms with Crippen molar-refractivity contribution in [3.63, 3.8) is 0 Å². The summed E-state index contributed by atoms with van der Waals surface area (Å²) in [4.78, 5) is 27.8. The molecule has 28 heavy (non-hydrogen) atoms. The first-order valence-electron chi connectivity index (χ1n) is 9.85. The number of hydrogen-bond donors (Lipinski definition) is 1. The van der Waals surface area contributed by atoms with Gasteiger partial charge in [0.05, 0.1) is 5.92 Å². The van der Waals surface area contributed by atoms with Crippen LogP contribution in [0.1, 0.15) is 43.7 Å². The van der Waals surface area contributed by atoms with Crippen LogP contribution in [0.4, 0.5) is 4.39 Å². The molecule has 1 N–H and O–H groups in total. The zero-order valence-corrected chi connectivity index (χ0v) is 16.4. The van der Waals surface area contributed by atoms with E-state index in [2.05, 4.69) is 5.32 Å². The highest BCUT2D eigenvalue weighted by atomic mass is 19.1. The fraction of sp³-hybridized carbons (Fsp3) is 0.391. The second kappa shape index (κ2) is 9.00. The molecule has 148 valence electrons. The molecule has 2 aromatic carbocycles. The van der Waals surface area contributed by atoms with E-state index in [0.29, 0.717) is 19.5 Å². The van der Waals surface area contributed by atoms with Crippen LogP contribution >= 0.6 is 0 Å². The molecular weight excluding hydrogens is 355 g/mol. The van der Waals surface area contributed by atoms with Crippen molar-refractivity contribution >= 4 is 11.8 Å². The zero-order valence-electron chi connectivity index (χ0n) is 16.4. The van der Waals surface area contributed by atoms with Gasteiger partial charge in [-0.3, -0.25) is 9.59 Å². The Kier molecular flexibility index (Phi) is 6.45. The number of amides is 2. The van der Waals surface area contributed by atoms with E-state index < -0.39 is 6.04 Å². The van der Waals surface area contributed by atoms with Gasteiger partial charge >= 0.3 is 0 Å². The lowest BCUT2D eigenvalue weighted by Crippen LogP contribution is -2.47. The molecule has 5 heteroatoms. The third-order valence-electron chi connectivity index (χ3n) is 5.31. The summed E-state index contributed by atoms with van der Waals surface area (Å²) in [7, 11) is 0. The van der Waals surface area contributed by atoms with Gasteiger partial charge in [-0.05, 0) is 42.0 Å². The van der Waals surface area contributed by atoms with Gasteiger partial charge in [0.1, 0.15) is 11.9 Å². The number of halogens is 1. The molecule has 0 radical (unpaired) electrons. The van der Waals surface area contributed by atoms with E-state index >= 15 is 0 Å². The fourth-order valence-electron chi connectivity index (χ4n) is 3.87. The summed E-state index contributed by atoms with van der Waals surface area (Å²) in [5.41, 5.74) is 1.81. The monoisotopic (exact) mass is 382 g/mol. The number of rotatable bonds is 6. The van der Waals surface area contributed by atoms with E-state index in [0.717, 1.165) is 17.5 Å². The Morgan fingerprint density at radius 2 is 1.79 bits per heavy atom. The summed E-state index contributed by atoms with van der Waals surface area (Å²) >= 11 is 0. The summed E-state index contributed by atoms with van der Waals surface area (Å²) in [6.45, 7) is 4.98. The van der Waals surface area contributed by atoms with Gasteiger partial charge in [-0.15, -0.1) is 0 Å². The molecule has 1 unspecified atom stereocenters. The van der Waals surface area contributed by atoms with E-state index in [9.17, 15) is 14.0 Å². The minimum atomic E-state index is -0.446. The molecular formula is C23H27FN2O2. The lowest BCUT2D eigenvalue weighted by molar-refractivity contribution is -0.140. The number of carbonyl (C=O) groups excluding carboxylic acids is 2. The van der Waals surface area contributed by atoms with Crippen molar-refractivity contribution in [3.8, 4) is 0 Å². The van der Waals surface area contributed by atoms with Gasteiger partial charge < -0.3 is 10.2 Å². The Morgan fingerprint density at radius 1 is 1.11 bits per heavy atom. The number of carbonyl (C=O) groups is 2. The van der Waals surface area contributed by atoms with Crippen LogP contribution < -0.4 is 5.32 Å². The van der Waals surface area contributed by atoms with Gasteiger partial charge in [-0.25, -0.2) is 4.39 Å². The van der Waals surface area contributed by atoms with Crippen LogP contribution in [-0.4, -0.2) is 29.3 Å². The van der Waals surface area contributed by atoms with Gasteiger partial charge in [-0.2, -0.15) is 0 Å². The van der Waals surface area contributed by atoms with Crippen molar-refractivity contribution in [3.05, 3.63) is 71.5 Å². The van der Waals surface area contributed by atoms with Gasteiger partial charge in [0.15, 0.2) is 0 Å². The maximum atomic E-state index is 13.3. The standard InChI is InChI=1S/C23H27FN2O2/c1-16(2)21(18-10-12-19(24)13-11-18)23(28)26-14-6-9-20(26)22(27)25-15-17-7-4-3-5-8-17/h3-5,7-8,10-13,16,20-21H,6,9,14-15H2,1-2H3,(H,25,27)/t20-,21?/m0/s1. The number of nitrogens with zero attached hydrogens (tertiary/aromatic N) is 1. The van der Waals surface area contributed by atoms with Crippen LogP contribution in [0, 0.1) is 11.7 Å². The van der Waals surface area contributed by atoms with Crippen LogP contribution in [0.3, 0.4) is 0 Å². The molecule has 0 saturated carbocycles. The molecule has 2 amide bonds. The Balaban J connectivity index is 1.71. The smallest absolute Gasteiger partial charge is 0.243 e. The molecule has 3 rings (SSSR count). The maximum Gasteiger partial charge on any atom is 0.243 e. The second-order valence-electron chi connectivity index (χ2n) is 7.67. The molecule has 1 aliphatic heterocycles. The highest BCUT2D eigenvalue weighted by Crippen LogP contribution is 2.30. The van der Waals surface area contributed by atoms with Crippen molar-refractivity contribution in [2.24, 2.45) is 5.92 Å². The summed E-state index contributed by atoms with van der Waals surface area (Å²) in [5.74, 6) is -0.831. The van der Waals surface area contributed by atoms with Crippen LogP contribution in [-0.2, 0) is 16.1 Å². The highest BCUT2D eigenvalue weighted by Gasteiger charge is 2.38. The largest absolute Gasteiger partial charge is 0.350 e. The normalized spacial score (nSPS) is 17.6. The fourth-order valence-corrected chi connectivity index (χ4v) is 3.87. The quantitative estimate of drug-likeness (QED) is 0.824. The first kappa shape index (κ1) is 20.1. The Bertz CT molecular complexity index is 805. The van der Waals surface area contributed by atoms with E-state index in [1.807, 2.05) is 44.2 Å². The predicted octanol–water partition coefficient (Wildman–Crippen LogP) is 3.87. The molecule has 1 fully saturated rings. The number of likely N-dealkylation sites (tertiary alicyclic amines) is 1. The zero-order chi connectivity index (χ0) is 20.1. The Hall–Kier alpha value is -2.69. The minimum Gasteiger partial charge on any atom is -0.350 e. The molecule has 1 aliphatic rings. The molecule has 1 saturated heterocycles. The predicted molar refractivity (Wildman–Crippen MR) is 107 cm³/mol. The minimum absolute atomic E-state index is 0.0478. The van der Waals surface area contributed by atoms with Crippen molar-refractivity contribution < 1.29 is 14.0 Å². The van der Waals surface area contributed by atoms with Crippen molar-refractivity contribution in [1.29, 1.82) is 0 Å². The van der Waals surface area contributed by atoms with Gasteiger partial charge in [0.2, 0.25) is 11.8 Å². The van der Waals surface area contributed by atoms with Crippen LogP contribution in [0.5, 0.6) is 0 Å². The second-order valence-corrected chi connectivity index (χ2v) is 7.67. The van der Waals surface area contributed by atoms with Crippen molar-refractivity contribution in [2.45, 2.75) is 45.2 Å². The molecule has 4 nitrogen and oxygen atoms in total. The summed E-state index contributed by atoms with van der Waals surface area (Å²) in [5, 5.41) is 2.96. The highest BCUT2D eigenvalue weighted by molar-refractivity contribution is 5.91. The molecule has 2 aromatic rings. The first-order valence-corrected chi connectivity index (χ1v) is 9.85. The SMILES string of the molecule is CC(C)C(C(=O)N1CCC[C@H]1C(=O)NCc1ccccc1)c1ccc(F)cc1. The lowest BCUT2D eigenvalue weighted by Gasteiger charge is -2.30. The molecule has 2 atom stereocenters. The molecule has 0 spiro atoms. The van der Waals surface area contributed by atoms with Crippen molar-refractivity contribution in [2.75, 3.05) is 6.54 Å². The molecule has 1 heterocycles. The Labute approximate surface area is 165 Å². The molecule has 0 bridgehead atoms. The number of benzene rings is 2. The van der Waals surface area contributed by atoms with E-state index in [1.54, 1.807) is 17.0 Å². The third-order valence-corrected chi connectivity index (χ3v) is 5.31. The van der Waals surface area contributed by atoms with E-state index in [1.165, 1.54) is 12.1 Å².